The van der Waals surface area contributed by atoms with Crippen LogP contribution < -0.4 is 10.1 Å². The third-order valence-corrected chi connectivity index (χ3v) is 4.01. The van der Waals surface area contributed by atoms with E-state index in [-0.39, 0.29) is 6.10 Å². The third kappa shape index (κ3) is 3.15. The van der Waals surface area contributed by atoms with Gasteiger partial charge in [-0.15, -0.1) is 5.10 Å². The van der Waals surface area contributed by atoms with Gasteiger partial charge in [-0.2, -0.15) is 5.10 Å². The second-order valence-corrected chi connectivity index (χ2v) is 5.73. The summed E-state index contributed by atoms with van der Waals surface area (Å²) in [5.74, 6) is 1.21. The zero-order valence-corrected chi connectivity index (χ0v) is 14.0. The molecule has 4 rings (SSSR count). The fourth-order valence-electron chi connectivity index (χ4n) is 2.72. The molecule has 0 fully saturated rings. The first kappa shape index (κ1) is 15.5. The second-order valence-electron chi connectivity index (χ2n) is 5.73. The molecule has 10 heteroatoms. The Hall–Kier alpha value is -3.01. The van der Waals surface area contributed by atoms with Gasteiger partial charge in [0.2, 0.25) is 5.88 Å². The van der Waals surface area contributed by atoms with Crippen molar-refractivity contribution < 1.29 is 9.47 Å². The number of anilines is 1. The molecule has 0 radical (unpaired) electrons. The van der Waals surface area contributed by atoms with Gasteiger partial charge in [0.1, 0.15) is 17.8 Å². The van der Waals surface area contributed by atoms with Crippen molar-refractivity contribution in [3.8, 4) is 17.1 Å². The molecular weight excluding hydrogens is 324 g/mol. The number of aromatic nitrogens is 7. The number of aryl methyl sites for hydroxylation is 1. The molecule has 1 aliphatic heterocycles. The van der Waals surface area contributed by atoms with Crippen molar-refractivity contribution in [2.75, 3.05) is 19.0 Å². The predicted octanol–water partition coefficient (Wildman–Crippen LogP) is 0.488. The summed E-state index contributed by atoms with van der Waals surface area (Å²) in [6, 6.07) is 1.74. The number of nitrogens with zero attached hydrogens (tertiary/aromatic N) is 7. The van der Waals surface area contributed by atoms with E-state index in [0.29, 0.717) is 31.4 Å². The highest BCUT2D eigenvalue weighted by molar-refractivity contribution is 5.59. The Morgan fingerprint density at radius 3 is 3.12 bits per heavy atom. The van der Waals surface area contributed by atoms with Gasteiger partial charge < -0.3 is 14.8 Å². The SMILES string of the molecule is COc1cc(NCC2Cn3nnc(-c4cnn(C)c4)c3CO2)ncn1. The smallest absolute Gasteiger partial charge is 0.218 e. The minimum atomic E-state index is -0.0306. The molecule has 0 amide bonds. The molecule has 0 bridgehead atoms. The van der Waals surface area contributed by atoms with E-state index in [1.807, 2.05) is 17.9 Å². The quantitative estimate of drug-likeness (QED) is 0.714. The molecular formula is C15H18N8O2. The van der Waals surface area contributed by atoms with Crippen LogP contribution in [0.25, 0.3) is 11.3 Å². The van der Waals surface area contributed by atoms with Crippen LogP contribution in [0.1, 0.15) is 5.69 Å². The molecule has 1 aliphatic rings. The molecule has 130 valence electrons. The van der Waals surface area contributed by atoms with Crippen molar-refractivity contribution in [3.05, 3.63) is 30.5 Å². The summed E-state index contributed by atoms with van der Waals surface area (Å²) >= 11 is 0. The van der Waals surface area contributed by atoms with Gasteiger partial charge in [-0.1, -0.05) is 5.21 Å². The van der Waals surface area contributed by atoms with Crippen molar-refractivity contribution in [3.63, 3.8) is 0 Å². The maximum Gasteiger partial charge on any atom is 0.218 e. The highest BCUT2D eigenvalue weighted by Gasteiger charge is 2.24. The molecule has 0 aliphatic carbocycles. The number of rotatable bonds is 5. The average Bonchev–Trinajstić information content (AvgIpc) is 3.25. The van der Waals surface area contributed by atoms with Gasteiger partial charge in [0, 0.05) is 31.4 Å². The summed E-state index contributed by atoms with van der Waals surface area (Å²) in [5, 5.41) is 15.9. The van der Waals surface area contributed by atoms with Gasteiger partial charge in [0.15, 0.2) is 0 Å². The molecule has 25 heavy (non-hydrogen) atoms. The van der Waals surface area contributed by atoms with E-state index in [2.05, 4.69) is 30.7 Å². The van der Waals surface area contributed by atoms with Gasteiger partial charge >= 0.3 is 0 Å². The predicted molar refractivity (Wildman–Crippen MR) is 87.9 cm³/mol. The summed E-state index contributed by atoms with van der Waals surface area (Å²) in [6.07, 6.45) is 5.12. The highest BCUT2D eigenvalue weighted by Crippen LogP contribution is 2.24. The van der Waals surface area contributed by atoms with Crippen molar-refractivity contribution in [1.29, 1.82) is 0 Å². The lowest BCUT2D eigenvalue weighted by Crippen LogP contribution is -2.33. The van der Waals surface area contributed by atoms with Gasteiger partial charge in [-0.05, 0) is 0 Å². The zero-order chi connectivity index (χ0) is 17.2. The molecule has 0 aromatic carbocycles. The van der Waals surface area contributed by atoms with E-state index in [1.165, 1.54) is 6.33 Å². The van der Waals surface area contributed by atoms with E-state index in [0.717, 1.165) is 17.0 Å². The Labute approximate surface area is 143 Å². The number of ether oxygens (including phenoxy) is 2. The lowest BCUT2D eigenvalue weighted by Gasteiger charge is -2.24. The summed E-state index contributed by atoms with van der Waals surface area (Å²) < 4.78 is 14.7. The number of fused-ring (bicyclic) bond motifs is 1. The van der Waals surface area contributed by atoms with Crippen molar-refractivity contribution in [2.45, 2.75) is 19.3 Å². The van der Waals surface area contributed by atoms with Crippen LogP contribution >= 0.6 is 0 Å². The Morgan fingerprint density at radius 1 is 1.40 bits per heavy atom. The number of methoxy groups -OCH3 is 1. The largest absolute Gasteiger partial charge is 0.481 e. The summed E-state index contributed by atoms with van der Waals surface area (Å²) in [5.41, 5.74) is 2.73. The molecule has 1 atom stereocenters. The number of hydrogen-bond donors (Lipinski definition) is 1. The minimum absolute atomic E-state index is 0.0306. The van der Waals surface area contributed by atoms with Crippen molar-refractivity contribution >= 4 is 5.82 Å². The topological polar surface area (TPSA) is 105 Å². The number of hydrogen-bond acceptors (Lipinski definition) is 8. The molecule has 0 spiro atoms. The molecule has 0 saturated carbocycles. The third-order valence-electron chi connectivity index (χ3n) is 4.01. The lowest BCUT2D eigenvalue weighted by atomic mass is 10.2. The van der Waals surface area contributed by atoms with Crippen LogP contribution in [0.2, 0.25) is 0 Å². The molecule has 0 saturated heterocycles. The van der Waals surface area contributed by atoms with Crippen LogP contribution in [-0.2, 0) is 24.9 Å². The van der Waals surface area contributed by atoms with Crippen molar-refractivity contribution in [1.82, 2.24) is 34.7 Å². The maximum absolute atomic E-state index is 5.94. The Bertz CT molecular complexity index is 874. The summed E-state index contributed by atoms with van der Waals surface area (Å²) in [7, 11) is 3.45. The standard InChI is InChI=1S/C15H18N8O2/c1-22-6-10(4-19-22)15-12-8-25-11(7-23(12)21-20-15)5-16-13-3-14(24-2)18-9-17-13/h3-4,6,9,11H,5,7-8H2,1-2H3,(H,16,17,18). The van der Waals surface area contributed by atoms with Gasteiger partial charge in [0.05, 0.1) is 38.3 Å². The van der Waals surface area contributed by atoms with Crippen molar-refractivity contribution in [2.24, 2.45) is 7.05 Å². The monoisotopic (exact) mass is 342 g/mol. The van der Waals surface area contributed by atoms with E-state index >= 15 is 0 Å². The first-order chi connectivity index (χ1) is 12.2. The normalized spacial score (nSPS) is 16.5. The molecule has 3 aromatic heterocycles. The molecule has 3 aromatic rings. The Kier molecular flexibility index (Phi) is 4.02. The van der Waals surface area contributed by atoms with Gasteiger partial charge in [-0.25, -0.2) is 14.6 Å². The van der Waals surface area contributed by atoms with E-state index < -0.39 is 0 Å². The fraction of sp³-hybridized carbons (Fsp3) is 0.400. The van der Waals surface area contributed by atoms with E-state index in [4.69, 9.17) is 9.47 Å². The first-order valence-electron chi connectivity index (χ1n) is 7.86. The summed E-state index contributed by atoms with van der Waals surface area (Å²) in [4.78, 5) is 8.14. The highest BCUT2D eigenvalue weighted by atomic mass is 16.5. The zero-order valence-electron chi connectivity index (χ0n) is 14.0. The van der Waals surface area contributed by atoms with Gasteiger partial charge in [0.25, 0.3) is 0 Å². The van der Waals surface area contributed by atoms with Gasteiger partial charge in [-0.3, -0.25) is 4.68 Å². The molecule has 10 nitrogen and oxygen atoms in total. The minimum Gasteiger partial charge on any atom is -0.481 e. The first-order valence-corrected chi connectivity index (χ1v) is 7.86. The second kappa shape index (κ2) is 6.48. The van der Waals surface area contributed by atoms with Crippen LogP contribution in [0.3, 0.4) is 0 Å². The van der Waals surface area contributed by atoms with Crippen LogP contribution in [0, 0.1) is 0 Å². The van der Waals surface area contributed by atoms with Crippen LogP contribution in [-0.4, -0.2) is 54.5 Å². The summed E-state index contributed by atoms with van der Waals surface area (Å²) in [6.45, 7) is 1.68. The Balaban J connectivity index is 1.42. The Morgan fingerprint density at radius 2 is 2.32 bits per heavy atom. The van der Waals surface area contributed by atoms with Crippen LogP contribution in [0.5, 0.6) is 5.88 Å². The fourth-order valence-corrected chi connectivity index (χ4v) is 2.72. The number of nitrogens with one attached hydrogen (secondary N) is 1. The van der Waals surface area contributed by atoms with E-state index in [1.54, 1.807) is 24.1 Å². The van der Waals surface area contributed by atoms with E-state index in [9.17, 15) is 0 Å². The lowest BCUT2D eigenvalue weighted by molar-refractivity contribution is 0.00883. The van der Waals surface area contributed by atoms with Crippen LogP contribution in [0.4, 0.5) is 5.82 Å². The molecule has 1 unspecified atom stereocenters. The molecule has 1 N–H and O–H groups in total. The molecule has 4 heterocycles. The average molecular weight is 342 g/mol. The van der Waals surface area contributed by atoms with Crippen LogP contribution in [0.15, 0.2) is 24.8 Å². The maximum atomic E-state index is 5.94.